The van der Waals surface area contributed by atoms with Gasteiger partial charge in [0, 0.05) is 5.69 Å². The number of anilines is 1. The Morgan fingerprint density at radius 3 is 2.43 bits per heavy atom. The largest absolute Gasteiger partial charge is 0.490 e. The molecule has 0 bridgehead atoms. The van der Waals surface area contributed by atoms with Crippen LogP contribution in [0.25, 0.3) is 6.08 Å². The Morgan fingerprint density at radius 2 is 1.76 bits per heavy atom. The minimum absolute atomic E-state index is 0.169. The van der Waals surface area contributed by atoms with E-state index in [-0.39, 0.29) is 29.1 Å². The van der Waals surface area contributed by atoms with E-state index < -0.39 is 11.7 Å². The lowest BCUT2D eigenvalue weighted by Gasteiger charge is -2.14. The molecule has 0 radical (unpaired) electrons. The number of halogens is 3. The van der Waals surface area contributed by atoms with Crippen molar-refractivity contribution in [2.24, 2.45) is 4.99 Å². The van der Waals surface area contributed by atoms with E-state index >= 15 is 0 Å². The fraction of sp³-hybridized carbons (Fsp3) is 0.115. The molecule has 2 amide bonds. The Bertz CT molecular complexity index is 1380. The molecule has 7 nitrogen and oxygen atoms in total. The zero-order chi connectivity index (χ0) is 26.4. The molecule has 190 valence electrons. The summed E-state index contributed by atoms with van der Waals surface area (Å²) in [6.45, 7) is 1.72. The minimum Gasteiger partial charge on any atom is -0.490 e. The number of nitrogens with zero attached hydrogens (tertiary/aromatic N) is 1. The number of amidine groups is 1. The van der Waals surface area contributed by atoms with Crippen LogP contribution in [0, 0.1) is 11.6 Å². The highest BCUT2D eigenvalue weighted by Crippen LogP contribution is 2.38. The maximum Gasteiger partial charge on any atom is 0.264 e. The second-order valence-corrected chi connectivity index (χ2v) is 9.00. The van der Waals surface area contributed by atoms with Crippen molar-refractivity contribution in [1.29, 1.82) is 0 Å². The van der Waals surface area contributed by atoms with Gasteiger partial charge in [-0.3, -0.25) is 9.59 Å². The summed E-state index contributed by atoms with van der Waals surface area (Å²) in [5.74, 6) is -1.15. The predicted molar refractivity (Wildman–Crippen MR) is 140 cm³/mol. The first-order chi connectivity index (χ1) is 17.8. The smallest absolute Gasteiger partial charge is 0.264 e. The van der Waals surface area contributed by atoms with E-state index in [1.54, 1.807) is 25.1 Å². The van der Waals surface area contributed by atoms with Crippen LogP contribution in [-0.2, 0) is 9.59 Å². The zero-order valence-corrected chi connectivity index (χ0v) is 21.0. The van der Waals surface area contributed by atoms with Crippen LogP contribution in [0.1, 0.15) is 12.5 Å². The molecule has 1 aliphatic heterocycles. The van der Waals surface area contributed by atoms with E-state index in [4.69, 9.17) is 21.1 Å². The van der Waals surface area contributed by atoms with Crippen molar-refractivity contribution in [2.75, 3.05) is 18.5 Å². The average Bonchev–Trinajstić information content (AvgIpc) is 3.20. The molecule has 11 heteroatoms. The number of rotatable bonds is 8. The Balaban J connectivity index is 1.48. The number of carbonyl (C=O) groups excluding carboxylic acids is 2. The van der Waals surface area contributed by atoms with Gasteiger partial charge in [0.2, 0.25) is 0 Å². The summed E-state index contributed by atoms with van der Waals surface area (Å²) in [4.78, 5) is 29.4. The molecule has 2 N–H and O–H groups in total. The van der Waals surface area contributed by atoms with Gasteiger partial charge >= 0.3 is 0 Å². The van der Waals surface area contributed by atoms with Gasteiger partial charge in [0.1, 0.15) is 11.6 Å². The molecule has 37 heavy (non-hydrogen) atoms. The molecule has 1 aliphatic rings. The number of thioether (sulfide) groups is 1. The van der Waals surface area contributed by atoms with Gasteiger partial charge < -0.3 is 20.1 Å². The standard InChI is InChI=1S/C26H20ClF2N3O4S/c1-2-35-21-12-15(13-22-25(34)32-26(37-22)31-19-9-5-17(29)6-10-19)11-20(27)24(21)36-14-23(33)30-18-7-3-16(28)4-8-18/h3-13H,2,14H2,1H3,(H,30,33)(H,31,32,34)/b22-13+. The van der Waals surface area contributed by atoms with Crippen molar-refractivity contribution >= 4 is 57.8 Å². The quantitative estimate of drug-likeness (QED) is 0.344. The molecule has 0 saturated carbocycles. The van der Waals surface area contributed by atoms with Crippen molar-refractivity contribution in [1.82, 2.24) is 5.32 Å². The maximum absolute atomic E-state index is 13.1. The number of ether oxygens (including phenoxy) is 2. The third kappa shape index (κ3) is 7.08. The molecule has 4 rings (SSSR count). The number of nitrogens with one attached hydrogen (secondary N) is 2. The number of hydrogen-bond acceptors (Lipinski definition) is 6. The van der Waals surface area contributed by atoms with Crippen molar-refractivity contribution in [3.63, 3.8) is 0 Å². The van der Waals surface area contributed by atoms with E-state index in [9.17, 15) is 18.4 Å². The Morgan fingerprint density at radius 1 is 1.08 bits per heavy atom. The summed E-state index contributed by atoms with van der Waals surface area (Å²) < 4.78 is 37.4. The highest BCUT2D eigenvalue weighted by atomic mass is 35.5. The Kier molecular flexibility index (Phi) is 8.42. The number of aliphatic imine (C=N–C) groups is 1. The highest BCUT2D eigenvalue weighted by molar-refractivity contribution is 8.18. The van der Waals surface area contributed by atoms with Gasteiger partial charge in [-0.05, 0) is 91.0 Å². The average molecular weight is 544 g/mol. The van der Waals surface area contributed by atoms with E-state index in [0.717, 1.165) is 11.8 Å². The molecule has 0 aromatic heterocycles. The van der Waals surface area contributed by atoms with Gasteiger partial charge in [-0.2, -0.15) is 0 Å². The molecule has 1 heterocycles. The monoisotopic (exact) mass is 543 g/mol. The van der Waals surface area contributed by atoms with E-state index in [2.05, 4.69) is 15.6 Å². The Labute approximate surface area is 220 Å². The lowest BCUT2D eigenvalue weighted by molar-refractivity contribution is -0.118. The van der Waals surface area contributed by atoms with Crippen LogP contribution in [0.5, 0.6) is 11.5 Å². The Hall–Kier alpha value is -3.89. The number of benzene rings is 3. The number of carbonyl (C=O) groups is 2. The lowest BCUT2D eigenvalue weighted by atomic mass is 10.2. The molecule has 0 atom stereocenters. The van der Waals surface area contributed by atoms with Gasteiger partial charge in [-0.15, -0.1) is 0 Å². The maximum atomic E-state index is 13.1. The molecule has 1 fully saturated rings. The van der Waals surface area contributed by atoms with Crippen LogP contribution in [-0.4, -0.2) is 30.2 Å². The SMILES string of the molecule is CCOc1cc(/C=C2/SC(=Nc3ccc(F)cc3)NC2=O)cc(Cl)c1OCC(=O)Nc1ccc(F)cc1. The van der Waals surface area contributed by atoms with E-state index in [1.807, 2.05) is 0 Å². The van der Waals surface area contributed by atoms with Gasteiger partial charge in [0.15, 0.2) is 23.3 Å². The summed E-state index contributed by atoms with van der Waals surface area (Å²) in [5, 5.41) is 5.79. The number of amides is 2. The van der Waals surface area contributed by atoms with Crippen molar-refractivity contribution in [2.45, 2.75) is 6.92 Å². The van der Waals surface area contributed by atoms with Crippen molar-refractivity contribution in [3.05, 3.63) is 87.8 Å². The highest BCUT2D eigenvalue weighted by Gasteiger charge is 2.24. The summed E-state index contributed by atoms with van der Waals surface area (Å²) >= 11 is 7.56. The summed E-state index contributed by atoms with van der Waals surface area (Å²) in [5.41, 5.74) is 1.48. The van der Waals surface area contributed by atoms with E-state index in [1.165, 1.54) is 48.5 Å². The van der Waals surface area contributed by atoms with Gasteiger partial charge in [-0.1, -0.05) is 11.6 Å². The van der Waals surface area contributed by atoms with Crippen LogP contribution >= 0.6 is 23.4 Å². The van der Waals surface area contributed by atoms with E-state index in [0.29, 0.717) is 39.4 Å². The van der Waals surface area contributed by atoms with Crippen molar-refractivity contribution in [3.8, 4) is 11.5 Å². The lowest BCUT2D eigenvalue weighted by Crippen LogP contribution is -2.20. The van der Waals surface area contributed by atoms with Crippen molar-refractivity contribution < 1.29 is 27.8 Å². The fourth-order valence-electron chi connectivity index (χ4n) is 3.21. The number of hydrogen-bond donors (Lipinski definition) is 2. The fourth-order valence-corrected chi connectivity index (χ4v) is 4.32. The predicted octanol–water partition coefficient (Wildman–Crippen LogP) is 5.93. The molecule has 1 saturated heterocycles. The third-order valence-electron chi connectivity index (χ3n) is 4.81. The normalized spacial score (nSPS) is 15.1. The minimum atomic E-state index is -0.469. The molecule has 0 unspecified atom stereocenters. The van der Waals surface area contributed by atoms with Crippen LogP contribution < -0.4 is 20.1 Å². The first-order valence-corrected chi connectivity index (χ1v) is 12.2. The molecule has 3 aromatic rings. The summed E-state index contributed by atoms with van der Waals surface area (Å²) in [7, 11) is 0. The molecular formula is C26H20ClF2N3O4S. The first-order valence-electron chi connectivity index (χ1n) is 11.0. The van der Waals surface area contributed by atoms with Crippen LogP contribution in [0.3, 0.4) is 0 Å². The van der Waals surface area contributed by atoms with Crippen LogP contribution in [0.15, 0.2) is 70.6 Å². The molecular weight excluding hydrogens is 524 g/mol. The zero-order valence-electron chi connectivity index (χ0n) is 19.4. The second kappa shape index (κ2) is 11.9. The van der Waals surface area contributed by atoms with Crippen LogP contribution in [0.2, 0.25) is 5.02 Å². The van der Waals surface area contributed by atoms with Gasteiger partial charge in [0.05, 0.1) is 22.2 Å². The van der Waals surface area contributed by atoms with Crippen LogP contribution in [0.4, 0.5) is 20.2 Å². The summed E-state index contributed by atoms with van der Waals surface area (Å²) in [6, 6.07) is 14.1. The molecule has 0 aliphatic carbocycles. The third-order valence-corrected chi connectivity index (χ3v) is 6.00. The van der Waals surface area contributed by atoms with Gasteiger partial charge in [0.25, 0.3) is 11.8 Å². The van der Waals surface area contributed by atoms with Gasteiger partial charge in [-0.25, -0.2) is 13.8 Å². The molecule has 3 aromatic carbocycles. The first kappa shape index (κ1) is 26.2. The topological polar surface area (TPSA) is 89.0 Å². The molecule has 0 spiro atoms. The second-order valence-electron chi connectivity index (χ2n) is 7.56. The summed E-state index contributed by atoms with van der Waals surface area (Å²) in [6.07, 6.45) is 1.62.